The van der Waals surface area contributed by atoms with Crippen molar-refractivity contribution in [3.63, 3.8) is 0 Å². The van der Waals surface area contributed by atoms with Crippen LogP contribution in [0.25, 0.3) is 23.0 Å². The molecule has 2 heterocycles. The normalized spacial score (nSPS) is 10.8. The molecule has 0 saturated carbocycles. The van der Waals surface area contributed by atoms with Crippen LogP contribution in [-0.2, 0) is 7.05 Å². The minimum atomic E-state index is 0.432. The molecule has 0 bridgehead atoms. The molecule has 96 valence electrons. The summed E-state index contributed by atoms with van der Waals surface area (Å²) in [5.74, 6) is 0.893. The van der Waals surface area contributed by atoms with Crippen molar-refractivity contribution in [1.29, 1.82) is 0 Å². The Kier molecular flexibility index (Phi) is 2.83. The molecule has 3 rings (SSSR count). The molecule has 0 fully saturated rings. The second-order valence-electron chi connectivity index (χ2n) is 4.03. The lowest BCUT2D eigenvalue weighted by molar-refractivity contribution is 0.432. The van der Waals surface area contributed by atoms with Gasteiger partial charge in [0.1, 0.15) is 5.69 Å². The smallest absolute Gasteiger partial charge is 0.258 e. The largest absolute Gasteiger partial charge is 0.398 e. The highest BCUT2D eigenvalue weighted by Crippen LogP contribution is 2.27. The van der Waals surface area contributed by atoms with Crippen molar-refractivity contribution in [1.82, 2.24) is 19.9 Å². The van der Waals surface area contributed by atoms with Crippen LogP contribution in [0.5, 0.6) is 0 Å². The van der Waals surface area contributed by atoms with Crippen LogP contribution in [0.15, 0.2) is 39.5 Å². The van der Waals surface area contributed by atoms with E-state index in [0.29, 0.717) is 23.1 Å². The zero-order valence-corrected chi connectivity index (χ0v) is 11.6. The minimum absolute atomic E-state index is 0.432. The lowest BCUT2D eigenvalue weighted by atomic mass is 10.2. The van der Waals surface area contributed by atoms with Crippen molar-refractivity contribution in [2.24, 2.45) is 7.05 Å². The first kappa shape index (κ1) is 11.9. The molecule has 0 radical (unpaired) electrons. The second kappa shape index (κ2) is 4.51. The number of anilines is 1. The lowest BCUT2D eigenvalue weighted by Gasteiger charge is -1.98. The topological polar surface area (TPSA) is 82.8 Å². The molecule has 0 atom stereocenters. The van der Waals surface area contributed by atoms with E-state index in [0.717, 1.165) is 10.0 Å². The van der Waals surface area contributed by atoms with E-state index < -0.39 is 0 Å². The van der Waals surface area contributed by atoms with E-state index >= 15 is 0 Å². The fraction of sp³-hybridized carbons (Fsp3) is 0.0833. The van der Waals surface area contributed by atoms with Crippen molar-refractivity contribution < 1.29 is 4.52 Å². The van der Waals surface area contributed by atoms with Crippen LogP contribution in [0.4, 0.5) is 5.69 Å². The van der Waals surface area contributed by atoms with Gasteiger partial charge in [-0.1, -0.05) is 5.16 Å². The molecular formula is C12H10BrN5O. The highest BCUT2D eigenvalue weighted by molar-refractivity contribution is 9.10. The molecule has 2 aromatic heterocycles. The fourth-order valence-corrected chi connectivity index (χ4v) is 2.02. The van der Waals surface area contributed by atoms with E-state index in [4.69, 9.17) is 10.3 Å². The zero-order chi connectivity index (χ0) is 13.4. The van der Waals surface area contributed by atoms with Gasteiger partial charge in [0, 0.05) is 29.0 Å². The SMILES string of the molecule is Cn1ccc(-c2noc(-c3ccc(N)c(Br)c3)n2)n1. The van der Waals surface area contributed by atoms with Gasteiger partial charge in [-0.3, -0.25) is 4.68 Å². The molecule has 7 heteroatoms. The number of halogens is 1. The standard InChI is InChI=1S/C12H10BrN5O/c1-18-5-4-10(16-18)11-15-12(19-17-11)7-2-3-9(14)8(13)6-7/h2-6H,14H2,1H3. The number of aromatic nitrogens is 4. The Labute approximate surface area is 117 Å². The van der Waals surface area contributed by atoms with E-state index in [-0.39, 0.29) is 0 Å². The predicted octanol–water partition coefficient (Wildman–Crippen LogP) is 2.48. The van der Waals surface area contributed by atoms with Gasteiger partial charge in [0.15, 0.2) is 0 Å². The van der Waals surface area contributed by atoms with Crippen LogP contribution in [-0.4, -0.2) is 19.9 Å². The molecule has 0 unspecified atom stereocenters. The van der Waals surface area contributed by atoms with Crippen LogP contribution in [0, 0.1) is 0 Å². The van der Waals surface area contributed by atoms with E-state index in [1.807, 2.05) is 31.4 Å². The van der Waals surface area contributed by atoms with Crippen LogP contribution in [0.2, 0.25) is 0 Å². The molecule has 0 amide bonds. The maximum absolute atomic E-state index is 5.74. The van der Waals surface area contributed by atoms with Gasteiger partial charge in [-0.25, -0.2) is 0 Å². The fourth-order valence-electron chi connectivity index (χ4n) is 1.64. The van der Waals surface area contributed by atoms with E-state index in [1.54, 1.807) is 10.7 Å². The van der Waals surface area contributed by atoms with Crippen LogP contribution < -0.4 is 5.73 Å². The summed E-state index contributed by atoms with van der Waals surface area (Å²) in [4.78, 5) is 4.32. The number of nitrogen functional groups attached to an aromatic ring is 1. The molecule has 0 aliphatic carbocycles. The Morgan fingerprint density at radius 2 is 2.16 bits per heavy atom. The summed E-state index contributed by atoms with van der Waals surface area (Å²) in [6, 6.07) is 7.28. The number of rotatable bonds is 2. The first-order chi connectivity index (χ1) is 9.13. The Morgan fingerprint density at radius 1 is 1.32 bits per heavy atom. The third-order valence-corrected chi connectivity index (χ3v) is 3.30. The van der Waals surface area contributed by atoms with Gasteiger partial charge >= 0.3 is 0 Å². The molecule has 19 heavy (non-hydrogen) atoms. The maximum Gasteiger partial charge on any atom is 0.258 e. The maximum atomic E-state index is 5.74. The van der Waals surface area contributed by atoms with Crippen molar-refractivity contribution in [2.75, 3.05) is 5.73 Å². The average Bonchev–Trinajstić information content (AvgIpc) is 3.01. The van der Waals surface area contributed by atoms with Crippen molar-refractivity contribution in [3.05, 3.63) is 34.9 Å². The van der Waals surface area contributed by atoms with Gasteiger partial charge in [-0.05, 0) is 40.2 Å². The van der Waals surface area contributed by atoms with Crippen LogP contribution >= 0.6 is 15.9 Å². The third-order valence-electron chi connectivity index (χ3n) is 2.62. The molecule has 1 aromatic carbocycles. The molecule has 3 aromatic rings. The average molecular weight is 320 g/mol. The number of nitrogens with two attached hydrogens (primary N) is 1. The summed E-state index contributed by atoms with van der Waals surface area (Å²) < 4.78 is 7.72. The van der Waals surface area contributed by atoms with E-state index in [1.165, 1.54) is 0 Å². The molecule has 0 spiro atoms. The van der Waals surface area contributed by atoms with Crippen molar-refractivity contribution in [2.45, 2.75) is 0 Å². The Morgan fingerprint density at radius 3 is 2.84 bits per heavy atom. The number of benzene rings is 1. The number of hydrogen-bond donors (Lipinski definition) is 1. The Balaban J connectivity index is 1.98. The van der Waals surface area contributed by atoms with Crippen LogP contribution in [0.1, 0.15) is 0 Å². The number of aryl methyl sites for hydroxylation is 1. The van der Waals surface area contributed by atoms with Gasteiger partial charge in [0.25, 0.3) is 5.89 Å². The number of hydrogen-bond acceptors (Lipinski definition) is 5. The minimum Gasteiger partial charge on any atom is -0.398 e. The first-order valence-corrected chi connectivity index (χ1v) is 6.32. The summed E-state index contributed by atoms with van der Waals surface area (Å²) in [7, 11) is 1.83. The summed E-state index contributed by atoms with van der Waals surface area (Å²) in [6.45, 7) is 0. The van der Waals surface area contributed by atoms with Gasteiger partial charge in [0.05, 0.1) is 0 Å². The molecule has 2 N–H and O–H groups in total. The molecule has 0 aliphatic heterocycles. The summed E-state index contributed by atoms with van der Waals surface area (Å²) in [5, 5.41) is 8.14. The first-order valence-electron chi connectivity index (χ1n) is 5.52. The molecule has 0 saturated heterocycles. The third kappa shape index (κ3) is 2.24. The van der Waals surface area contributed by atoms with Gasteiger partial charge in [-0.15, -0.1) is 0 Å². The molecular weight excluding hydrogens is 310 g/mol. The van der Waals surface area contributed by atoms with Crippen molar-refractivity contribution >= 4 is 21.6 Å². The summed E-state index contributed by atoms with van der Waals surface area (Å²) in [5.41, 5.74) is 7.87. The lowest BCUT2D eigenvalue weighted by Crippen LogP contribution is -1.89. The number of nitrogens with zero attached hydrogens (tertiary/aromatic N) is 4. The second-order valence-corrected chi connectivity index (χ2v) is 4.89. The highest BCUT2D eigenvalue weighted by Gasteiger charge is 2.13. The zero-order valence-electron chi connectivity index (χ0n) is 10.0. The quantitative estimate of drug-likeness (QED) is 0.734. The molecule has 0 aliphatic rings. The van der Waals surface area contributed by atoms with Gasteiger partial charge in [0.2, 0.25) is 5.82 Å². The van der Waals surface area contributed by atoms with Crippen molar-refractivity contribution in [3.8, 4) is 23.0 Å². The van der Waals surface area contributed by atoms with E-state index in [2.05, 4.69) is 31.2 Å². The Hall–Kier alpha value is -2.15. The monoisotopic (exact) mass is 319 g/mol. The Bertz CT molecular complexity index is 733. The van der Waals surface area contributed by atoms with Gasteiger partial charge < -0.3 is 10.3 Å². The van der Waals surface area contributed by atoms with E-state index in [9.17, 15) is 0 Å². The summed E-state index contributed by atoms with van der Waals surface area (Å²) in [6.07, 6.45) is 1.82. The van der Waals surface area contributed by atoms with Crippen LogP contribution in [0.3, 0.4) is 0 Å². The predicted molar refractivity (Wildman–Crippen MR) is 74.0 cm³/mol. The summed E-state index contributed by atoms with van der Waals surface area (Å²) >= 11 is 3.37. The highest BCUT2D eigenvalue weighted by atomic mass is 79.9. The van der Waals surface area contributed by atoms with Gasteiger partial charge in [-0.2, -0.15) is 10.1 Å². The molecule has 6 nitrogen and oxygen atoms in total.